The monoisotopic (exact) mass is 604 g/mol. The number of piperidine rings is 1. The number of halogens is 1. The summed E-state index contributed by atoms with van der Waals surface area (Å²) in [7, 11) is -2.34. The zero-order valence-electron chi connectivity index (χ0n) is 25.0. The number of amides is 2. The van der Waals surface area contributed by atoms with Crippen LogP contribution in [0.5, 0.6) is 0 Å². The number of fused-ring (bicyclic) bond motifs is 5. The molecule has 1 unspecified atom stereocenters. The van der Waals surface area contributed by atoms with Gasteiger partial charge in [0, 0.05) is 37.3 Å². The van der Waals surface area contributed by atoms with Crippen molar-refractivity contribution in [3.63, 3.8) is 0 Å². The fourth-order valence-corrected chi connectivity index (χ4v) is 6.23. The summed E-state index contributed by atoms with van der Waals surface area (Å²) >= 11 is 0. The minimum Gasteiger partial charge on any atom is -0.444 e. The maximum Gasteiger partial charge on any atom is 0.414 e. The van der Waals surface area contributed by atoms with E-state index in [1.165, 1.54) is 24.1 Å². The summed E-state index contributed by atoms with van der Waals surface area (Å²) < 4.78 is 51.2. The lowest BCUT2D eigenvalue weighted by atomic mass is 10.0. The maximum absolute atomic E-state index is 15.1. The molecule has 2 N–H and O–H groups in total. The van der Waals surface area contributed by atoms with Crippen LogP contribution in [0.25, 0.3) is 21.9 Å². The van der Waals surface area contributed by atoms with Crippen molar-refractivity contribution in [1.29, 1.82) is 0 Å². The molecule has 2 aliphatic rings. The van der Waals surface area contributed by atoms with Crippen LogP contribution in [0.4, 0.5) is 25.5 Å². The van der Waals surface area contributed by atoms with Crippen molar-refractivity contribution < 1.29 is 31.9 Å². The standard InChI is InChI=1S/C28H37FN6O6S/c1-27(2,3)40-25(36)30-18-12-16-9-14(18)13-35(16)23-20-17-10-15(29)11-19(34(7)26(37)41-28(4,5)6)21(17)31-22(20)32-24(33-23)42(8,38)39/h10-11,14,16,18H,9,12-13H2,1-8H3,(H,30,36)(H,31,32,33)/t14?,16-,18-/m1/s1. The Bertz CT molecular complexity index is 1690. The number of rotatable bonds is 4. The smallest absolute Gasteiger partial charge is 0.414 e. The molecule has 3 heterocycles. The van der Waals surface area contributed by atoms with Gasteiger partial charge in [-0.3, -0.25) is 4.90 Å². The number of aromatic nitrogens is 3. The Morgan fingerprint density at radius 2 is 1.76 bits per heavy atom. The van der Waals surface area contributed by atoms with Crippen LogP contribution in [0.1, 0.15) is 54.4 Å². The molecule has 228 valence electrons. The number of hydrogen-bond acceptors (Lipinski definition) is 9. The molecule has 2 aromatic heterocycles. The Labute approximate surface area is 243 Å². The van der Waals surface area contributed by atoms with Gasteiger partial charge in [0.05, 0.1) is 16.6 Å². The van der Waals surface area contributed by atoms with E-state index in [2.05, 4.69) is 20.3 Å². The zero-order valence-corrected chi connectivity index (χ0v) is 25.8. The molecule has 1 aliphatic heterocycles. The van der Waals surface area contributed by atoms with Gasteiger partial charge in [-0.15, -0.1) is 0 Å². The second-order valence-corrected chi connectivity index (χ2v) is 15.0. The SMILES string of the molecule is CN(C(=O)OC(C)(C)C)c1cc(F)cc2c1[nH]c1nc(S(C)(=O)=O)nc(N3CC4C[C@@H]3C[C@H]4NC(=O)OC(C)(C)C)c12. The summed E-state index contributed by atoms with van der Waals surface area (Å²) in [5.74, 6) is -0.173. The number of sulfone groups is 1. The number of carbonyl (C=O) groups excluding carboxylic acids is 2. The summed E-state index contributed by atoms with van der Waals surface area (Å²) in [6.45, 7) is 11.1. The molecular weight excluding hydrogens is 567 g/mol. The lowest BCUT2D eigenvalue weighted by Gasteiger charge is -2.33. The molecule has 2 bridgehead atoms. The van der Waals surface area contributed by atoms with Crippen LogP contribution in [0.15, 0.2) is 17.3 Å². The fourth-order valence-electron chi connectivity index (χ4n) is 5.72. The van der Waals surface area contributed by atoms with Gasteiger partial charge in [-0.25, -0.2) is 27.4 Å². The van der Waals surface area contributed by atoms with Crippen LogP contribution < -0.4 is 15.1 Å². The minimum absolute atomic E-state index is 0.0529. The Balaban J connectivity index is 1.57. The molecule has 42 heavy (non-hydrogen) atoms. The van der Waals surface area contributed by atoms with Gasteiger partial charge in [0.15, 0.2) is 0 Å². The van der Waals surface area contributed by atoms with E-state index in [0.717, 1.165) is 12.7 Å². The Morgan fingerprint density at radius 3 is 2.33 bits per heavy atom. The highest BCUT2D eigenvalue weighted by molar-refractivity contribution is 7.90. The summed E-state index contributed by atoms with van der Waals surface area (Å²) in [5.41, 5.74) is -0.606. The second-order valence-electron chi connectivity index (χ2n) is 13.1. The van der Waals surface area contributed by atoms with Gasteiger partial charge in [0.1, 0.15) is 28.5 Å². The first-order chi connectivity index (χ1) is 19.3. The molecule has 3 atom stereocenters. The third-order valence-corrected chi connectivity index (χ3v) is 8.19. The van der Waals surface area contributed by atoms with Gasteiger partial charge < -0.3 is 24.7 Å². The number of benzene rings is 1. The highest BCUT2D eigenvalue weighted by atomic mass is 32.2. The predicted octanol–water partition coefficient (Wildman–Crippen LogP) is 4.52. The van der Waals surface area contributed by atoms with Crippen molar-refractivity contribution in [3.05, 3.63) is 17.9 Å². The molecule has 14 heteroatoms. The van der Waals surface area contributed by atoms with E-state index < -0.39 is 39.0 Å². The predicted molar refractivity (Wildman–Crippen MR) is 156 cm³/mol. The fraction of sp³-hybridized carbons (Fsp3) is 0.571. The molecule has 2 fully saturated rings. The van der Waals surface area contributed by atoms with E-state index >= 15 is 4.39 Å². The second kappa shape index (κ2) is 9.96. The minimum atomic E-state index is -3.81. The maximum atomic E-state index is 15.1. The van der Waals surface area contributed by atoms with Crippen molar-refractivity contribution >= 4 is 55.5 Å². The van der Waals surface area contributed by atoms with Crippen LogP contribution in [-0.4, -0.2) is 78.7 Å². The summed E-state index contributed by atoms with van der Waals surface area (Å²) in [4.78, 5) is 40.4. The zero-order chi connectivity index (χ0) is 30.9. The number of H-pyrrole nitrogens is 1. The van der Waals surface area contributed by atoms with E-state index in [4.69, 9.17) is 9.47 Å². The van der Waals surface area contributed by atoms with Gasteiger partial charge >= 0.3 is 12.2 Å². The van der Waals surface area contributed by atoms with Crippen LogP contribution in [-0.2, 0) is 19.3 Å². The first-order valence-electron chi connectivity index (χ1n) is 13.8. The van der Waals surface area contributed by atoms with Crippen LogP contribution in [0, 0.1) is 11.7 Å². The van der Waals surface area contributed by atoms with Crippen molar-refractivity contribution in [2.75, 3.05) is 29.6 Å². The molecule has 1 aromatic carbocycles. The molecular formula is C28H37FN6O6S. The lowest BCUT2D eigenvalue weighted by molar-refractivity contribution is 0.0490. The number of alkyl carbamates (subject to hydrolysis) is 1. The molecule has 1 saturated carbocycles. The normalized spacial score (nSPS) is 20.8. The van der Waals surface area contributed by atoms with E-state index in [1.807, 2.05) is 4.90 Å². The number of anilines is 2. The Hall–Kier alpha value is -3.68. The first kappa shape index (κ1) is 29.8. The van der Waals surface area contributed by atoms with Gasteiger partial charge in [0.25, 0.3) is 5.16 Å². The number of nitrogens with zero attached hydrogens (tertiary/aromatic N) is 4. The van der Waals surface area contributed by atoms with Gasteiger partial charge in [-0.2, -0.15) is 4.98 Å². The van der Waals surface area contributed by atoms with Crippen molar-refractivity contribution in [1.82, 2.24) is 20.3 Å². The molecule has 0 spiro atoms. The highest BCUT2D eigenvalue weighted by Crippen LogP contribution is 2.44. The summed E-state index contributed by atoms with van der Waals surface area (Å²) in [6.07, 6.45) is 1.22. The molecule has 1 aliphatic carbocycles. The molecule has 5 rings (SSSR count). The topological polar surface area (TPSA) is 147 Å². The third kappa shape index (κ3) is 5.81. The third-order valence-electron chi connectivity index (χ3n) is 7.34. The van der Waals surface area contributed by atoms with E-state index in [9.17, 15) is 18.0 Å². The molecule has 3 aromatic rings. The molecule has 0 radical (unpaired) electrons. The van der Waals surface area contributed by atoms with Crippen LogP contribution in [0.3, 0.4) is 0 Å². The number of hydrogen-bond donors (Lipinski definition) is 2. The number of aromatic amines is 1. The lowest BCUT2D eigenvalue weighted by Crippen LogP contribution is -2.47. The highest BCUT2D eigenvalue weighted by Gasteiger charge is 2.47. The summed E-state index contributed by atoms with van der Waals surface area (Å²) in [5, 5.41) is 3.44. The van der Waals surface area contributed by atoms with Crippen LogP contribution >= 0.6 is 0 Å². The quantitative estimate of drug-likeness (QED) is 0.410. The van der Waals surface area contributed by atoms with Crippen LogP contribution in [0.2, 0.25) is 0 Å². The first-order valence-corrected chi connectivity index (χ1v) is 15.7. The van der Waals surface area contributed by atoms with Crippen molar-refractivity contribution in [3.8, 4) is 0 Å². The molecule has 1 saturated heterocycles. The Morgan fingerprint density at radius 1 is 1.10 bits per heavy atom. The number of carbonyl (C=O) groups is 2. The van der Waals surface area contributed by atoms with Crippen molar-refractivity contribution in [2.45, 2.75) is 82.8 Å². The number of nitrogens with one attached hydrogen (secondary N) is 2. The average Bonchev–Trinajstić information content (AvgIpc) is 3.52. The van der Waals surface area contributed by atoms with E-state index in [0.29, 0.717) is 35.1 Å². The molecule has 2 amide bonds. The number of ether oxygens (including phenoxy) is 2. The largest absolute Gasteiger partial charge is 0.444 e. The summed E-state index contributed by atoms with van der Waals surface area (Å²) in [6, 6.07) is 2.36. The Kier molecular flexibility index (Phi) is 7.06. The van der Waals surface area contributed by atoms with E-state index in [1.54, 1.807) is 41.5 Å². The van der Waals surface area contributed by atoms with Crippen molar-refractivity contribution in [2.24, 2.45) is 5.92 Å². The average molecular weight is 605 g/mol. The van der Waals surface area contributed by atoms with Gasteiger partial charge in [0.2, 0.25) is 9.84 Å². The van der Waals surface area contributed by atoms with Gasteiger partial charge in [-0.05, 0) is 72.4 Å². The van der Waals surface area contributed by atoms with Gasteiger partial charge in [-0.1, -0.05) is 0 Å². The molecule has 12 nitrogen and oxygen atoms in total. The van der Waals surface area contributed by atoms with E-state index in [-0.39, 0.29) is 34.5 Å².